The van der Waals surface area contributed by atoms with Crippen LogP contribution in [-0.2, 0) is 19.1 Å². The lowest BCUT2D eigenvalue weighted by atomic mass is 10.4. The maximum atomic E-state index is 12.0. The molecule has 0 aliphatic carbocycles. The summed E-state index contributed by atoms with van der Waals surface area (Å²) in [6.07, 6.45) is -0.583. The fraction of sp³-hybridized carbons (Fsp3) is 0.500. The van der Waals surface area contributed by atoms with E-state index in [0.717, 1.165) is 0 Å². The van der Waals surface area contributed by atoms with Crippen molar-refractivity contribution in [3.05, 3.63) is 12.4 Å². The fourth-order valence-electron chi connectivity index (χ4n) is 0.589. The van der Waals surface area contributed by atoms with Crippen LogP contribution in [-0.4, -0.2) is 24.6 Å². The fourth-order valence-corrected chi connectivity index (χ4v) is 0.589. The molecule has 74 valence electrons. The van der Waals surface area contributed by atoms with E-state index in [0.29, 0.717) is 0 Å². The number of carbonyl (C=O) groups excluding carboxylic acids is 2. The van der Waals surface area contributed by atoms with E-state index >= 15 is 0 Å². The summed E-state index contributed by atoms with van der Waals surface area (Å²) in [4.78, 5) is 20.9. The topological polar surface area (TPSA) is 52.6 Å². The Balaban J connectivity index is 3.70. The third kappa shape index (κ3) is 5.84. The van der Waals surface area contributed by atoms with Crippen LogP contribution in [0.4, 0.5) is 4.39 Å². The zero-order valence-corrected chi connectivity index (χ0v) is 7.50. The Morgan fingerprint density at radius 3 is 2.46 bits per heavy atom. The van der Waals surface area contributed by atoms with Gasteiger partial charge in [0.15, 0.2) is 0 Å². The first kappa shape index (κ1) is 11.6. The van der Waals surface area contributed by atoms with Crippen LogP contribution in [0.2, 0.25) is 0 Å². The van der Waals surface area contributed by atoms with Gasteiger partial charge in [0.2, 0.25) is 5.83 Å². The second-order valence-corrected chi connectivity index (χ2v) is 2.42. The normalized spacial score (nSPS) is 11.6. The summed E-state index contributed by atoms with van der Waals surface area (Å²) in [5, 5.41) is 0. The summed E-state index contributed by atoms with van der Waals surface area (Å²) >= 11 is 0. The van der Waals surface area contributed by atoms with Crippen molar-refractivity contribution in [2.45, 2.75) is 20.0 Å². The molecule has 0 aromatic rings. The minimum Gasteiger partial charge on any atom is -0.459 e. The molecule has 0 aromatic heterocycles. The molecule has 0 bridgehead atoms. The van der Waals surface area contributed by atoms with Gasteiger partial charge in [0.1, 0.15) is 12.7 Å². The van der Waals surface area contributed by atoms with E-state index in [9.17, 15) is 14.0 Å². The second kappa shape index (κ2) is 5.29. The lowest BCUT2D eigenvalue weighted by molar-refractivity contribution is -0.154. The lowest BCUT2D eigenvalue weighted by Gasteiger charge is -2.11. The molecular weight excluding hydrogens is 179 g/mol. The van der Waals surface area contributed by atoms with Crippen molar-refractivity contribution in [1.29, 1.82) is 0 Å². The molecule has 0 heterocycles. The second-order valence-electron chi connectivity index (χ2n) is 2.42. The lowest BCUT2D eigenvalue weighted by Crippen LogP contribution is -2.21. The van der Waals surface area contributed by atoms with Crippen LogP contribution in [0.1, 0.15) is 13.8 Å². The first-order valence-corrected chi connectivity index (χ1v) is 3.62. The van der Waals surface area contributed by atoms with E-state index in [4.69, 9.17) is 0 Å². The first-order chi connectivity index (χ1) is 5.93. The van der Waals surface area contributed by atoms with Crippen molar-refractivity contribution in [3.8, 4) is 0 Å². The van der Waals surface area contributed by atoms with Crippen molar-refractivity contribution >= 4 is 11.9 Å². The Bertz CT molecular complexity index is 224. The molecule has 1 unspecified atom stereocenters. The molecule has 0 aromatic carbocycles. The molecular formula is C8H11FO4. The minimum atomic E-state index is -1.17. The zero-order valence-electron chi connectivity index (χ0n) is 7.50. The van der Waals surface area contributed by atoms with E-state index < -0.39 is 23.9 Å². The number of ether oxygens (including phenoxy) is 2. The summed E-state index contributed by atoms with van der Waals surface area (Å²) < 4.78 is 21.0. The number of esters is 2. The first-order valence-electron chi connectivity index (χ1n) is 3.62. The van der Waals surface area contributed by atoms with Crippen LogP contribution in [0.3, 0.4) is 0 Å². The summed E-state index contributed by atoms with van der Waals surface area (Å²) in [5.41, 5.74) is 0. The summed E-state index contributed by atoms with van der Waals surface area (Å²) in [6, 6.07) is 0. The molecule has 13 heavy (non-hydrogen) atoms. The largest absolute Gasteiger partial charge is 0.459 e. The predicted octanol–water partition coefficient (Wildman–Crippen LogP) is 0.964. The summed E-state index contributed by atoms with van der Waals surface area (Å²) in [6.45, 7) is 5.32. The van der Waals surface area contributed by atoms with Crippen molar-refractivity contribution < 1.29 is 23.5 Å². The molecule has 0 aliphatic heterocycles. The van der Waals surface area contributed by atoms with Crippen molar-refractivity contribution in [2.24, 2.45) is 0 Å². The molecule has 0 spiro atoms. The van der Waals surface area contributed by atoms with E-state index in [1.165, 1.54) is 13.8 Å². The number of halogens is 1. The number of hydrogen-bond donors (Lipinski definition) is 0. The Kier molecular flexibility index (Phi) is 4.72. The molecule has 1 atom stereocenters. The standard InChI is InChI=1S/C8H11FO4/c1-5(13-7(3)10)4-12-8(11)6(2)9/h5H,2,4H2,1,3H3. The Labute approximate surface area is 75.3 Å². The van der Waals surface area contributed by atoms with Crippen LogP contribution >= 0.6 is 0 Å². The quantitative estimate of drug-likeness (QED) is 0.489. The maximum Gasteiger partial charge on any atom is 0.366 e. The van der Waals surface area contributed by atoms with Crippen LogP contribution < -0.4 is 0 Å². The van der Waals surface area contributed by atoms with Gasteiger partial charge in [-0.2, -0.15) is 4.39 Å². The van der Waals surface area contributed by atoms with Crippen molar-refractivity contribution in [2.75, 3.05) is 6.61 Å². The molecule has 0 N–H and O–H groups in total. The van der Waals surface area contributed by atoms with E-state index in [1.54, 1.807) is 0 Å². The van der Waals surface area contributed by atoms with Crippen molar-refractivity contribution in [1.82, 2.24) is 0 Å². The average Bonchev–Trinajstić information content (AvgIpc) is 1.98. The highest BCUT2D eigenvalue weighted by atomic mass is 19.1. The highest BCUT2D eigenvalue weighted by Crippen LogP contribution is 1.98. The third-order valence-corrected chi connectivity index (χ3v) is 1.04. The van der Waals surface area contributed by atoms with Gasteiger partial charge in [-0.25, -0.2) is 4.79 Å². The van der Waals surface area contributed by atoms with E-state index in [1.807, 2.05) is 0 Å². The number of hydrogen-bond acceptors (Lipinski definition) is 4. The van der Waals surface area contributed by atoms with Gasteiger partial charge in [-0.05, 0) is 6.92 Å². The van der Waals surface area contributed by atoms with Crippen molar-refractivity contribution in [3.63, 3.8) is 0 Å². The Morgan fingerprint density at radius 2 is 2.08 bits per heavy atom. The van der Waals surface area contributed by atoms with Crippen LogP contribution in [0.15, 0.2) is 12.4 Å². The van der Waals surface area contributed by atoms with Gasteiger partial charge in [0.25, 0.3) is 0 Å². The summed E-state index contributed by atoms with van der Waals surface area (Å²) in [7, 11) is 0. The molecule has 0 radical (unpaired) electrons. The van der Waals surface area contributed by atoms with Gasteiger partial charge in [-0.15, -0.1) is 0 Å². The minimum absolute atomic E-state index is 0.179. The molecule has 0 saturated heterocycles. The van der Waals surface area contributed by atoms with Gasteiger partial charge in [0.05, 0.1) is 0 Å². The molecule has 5 heteroatoms. The SMILES string of the molecule is C=C(F)C(=O)OCC(C)OC(C)=O. The molecule has 0 fully saturated rings. The van der Waals surface area contributed by atoms with Gasteiger partial charge in [-0.3, -0.25) is 4.79 Å². The van der Waals surface area contributed by atoms with Crippen LogP contribution in [0.25, 0.3) is 0 Å². The van der Waals surface area contributed by atoms with Gasteiger partial charge in [-0.1, -0.05) is 6.58 Å². The Morgan fingerprint density at radius 1 is 1.54 bits per heavy atom. The number of carbonyl (C=O) groups is 2. The van der Waals surface area contributed by atoms with E-state index in [2.05, 4.69) is 16.1 Å². The highest BCUT2D eigenvalue weighted by molar-refractivity contribution is 5.85. The van der Waals surface area contributed by atoms with Gasteiger partial charge in [0, 0.05) is 6.92 Å². The molecule has 4 nitrogen and oxygen atoms in total. The van der Waals surface area contributed by atoms with Crippen LogP contribution in [0, 0.1) is 0 Å². The Hall–Kier alpha value is -1.39. The van der Waals surface area contributed by atoms with Crippen LogP contribution in [0.5, 0.6) is 0 Å². The highest BCUT2D eigenvalue weighted by Gasteiger charge is 2.11. The number of rotatable bonds is 4. The van der Waals surface area contributed by atoms with Gasteiger partial charge >= 0.3 is 11.9 Å². The molecule has 0 aliphatic rings. The smallest absolute Gasteiger partial charge is 0.366 e. The summed E-state index contributed by atoms with van der Waals surface area (Å²) in [5.74, 6) is -2.79. The monoisotopic (exact) mass is 190 g/mol. The zero-order chi connectivity index (χ0) is 10.4. The molecule has 0 rings (SSSR count). The average molecular weight is 190 g/mol. The van der Waals surface area contributed by atoms with E-state index in [-0.39, 0.29) is 6.61 Å². The maximum absolute atomic E-state index is 12.0. The molecule has 0 saturated carbocycles. The molecule has 0 amide bonds. The predicted molar refractivity (Wildman–Crippen MR) is 42.4 cm³/mol. The third-order valence-electron chi connectivity index (χ3n) is 1.04. The van der Waals surface area contributed by atoms with Gasteiger partial charge < -0.3 is 9.47 Å².